The van der Waals surface area contributed by atoms with Gasteiger partial charge < -0.3 is 14.8 Å². The molecule has 3 heteroatoms. The molecule has 1 saturated carbocycles. The molecule has 1 atom stereocenters. The molecule has 20 heavy (non-hydrogen) atoms. The third-order valence-corrected chi connectivity index (χ3v) is 4.40. The van der Waals surface area contributed by atoms with Crippen LogP contribution in [-0.2, 0) is 6.54 Å². The Morgan fingerprint density at radius 2 is 1.65 bits per heavy atom. The minimum atomic E-state index is 0.576. The summed E-state index contributed by atoms with van der Waals surface area (Å²) in [6, 6.07) is 6.63. The Balaban J connectivity index is 1.92. The first-order valence-electron chi connectivity index (χ1n) is 7.68. The van der Waals surface area contributed by atoms with Crippen LogP contribution in [0.4, 0.5) is 0 Å². The molecular formula is C17H27NO2. The third-order valence-electron chi connectivity index (χ3n) is 4.40. The van der Waals surface area contributed by atoms with Crippen molar-refractivity contribution in [2.75, 3.05) is 14.2 Å². The van der Waals surface area contributed by atoms with Crippen LogP contribution >= 0.6 is 0 Å². The number of nitrogens with one attached hydrogen (secondary N) is 1. The lowest BCUT2D eigenvalue weighted by molar-refractivity contribution is 0.280. The van der Waals surface area contributed by atoms with E-state index in [4.69, 9.17) is 9.47 Å². The fourth-order valence-electron chi connectivity index (χ4n) is 3.05. The first-order valence-corrected chi connectivity index (χ1v) is 7.68. The minimum Gasteiger partial charge on any atom is -0.497 e. The van der Waals surface area contributed by atoms with E-state index in [2.05, 4.69) is 24.4 Å². The molecule has 3 nitrogen and oxygen atoms in total. The monoisotopic (exact) mass is 277 g/mol. The Morgan fingerprint density at radius 3 is 2.20 bits per heavy atom. The van der Waals surface area contributed by atoms with Crippen molar-refractivity contribution in [2.45, 2.75) is 51.6 Å². The SMILES string of the molecule is COc1cc(CNC(C)C2CCCCC2)cc(OC)c1. The summed E-state index contributed by atoms with van der Waals surface area (Å²) >= 11 is 0. The fraction of sp³-hybridized carbons (Fsp3) is 0.647. The van der Waals surface area contributed by atoms with Gasteiger partial charge >= 0.3 is 0 Å². The minimum absolute atomic E-state index is 0.576. The van der Waals surface area contributed by atoms with Gasteiger partial charge in [0.25, 0.3) is 0 Å². The van der Waals surface area contributed by atoms with Crippen molar-refractivity contribution in [1.82, 2.24) is 5.32 Å². The van der Waals surface area contributed by atoms with Crippen molar-refractivity contribution in [3.63, 3.8) is 0 Å². The molecule has 1 unspecified atom stereocenters. The molecule has 112 valence electrons. The third kappa shape index (κ3) is 4.14. The number of hydrogen-bond acceptors (Lipinski definition) is 3. The van der Waals surface area contributed by atoms with Crippen LogP contribution in [0, 0.1) is 5.92 Å². The van der Waals surface area contributed by atoms with Crippen LogP contribution in [0.1, 0.15) is 44.6 Å². The fourth-order valence-corrected chi connectivity index (χ4v) is 3.05. The highest BCUT2D eigenvalue weighted by molar-refractivity contribution is 5.38. The van der Waals surface area contributed by atoms with Gasteiger partial charge in [-0.2, -0.15) is 0 Å². The Hall–Kier alpha value is -1.22. The van der Waals surface area contributed by atoms with Gasteiger partial charge in [0, 0.05) is 18.7 Å². The van der Waals surface area contributed by atoms with Crippen molar-refractivity contribution in [3.8, 4) is 11.5 Å². The Kier molecular flexibility index (Phi) is 5.72. The van der Waals surface area contributed by atoms with E-state index in [1.807, 2.05) is 6.07 Å². The van der Waals surface area contributed by atoms with E-state index in [9.17, 15) is 0 Å². The number of benzene rings is 1. The van der Waals surface area contributed by atoms with E-state index in [1.165, 1.54) is 37.7 Å². The smallest absolute Gasteiger partial charge is 0.122 e. The maximum Gasteiger partial charge on any atom is 0.122 e. The zero-order valence-corrected chi connectivity index (χ0v) is 12.9. The van der Waals surface area contributed by atoms with Crippen LogP contribution in [-0.4, -0.2) is 20.3 Å². The van der Waals surface area contributed by atoms with Gasteiger partial charge in [0.1, 0.15) is 11.5 Å². The quantitative estimate of drug-likeness (QED) is 0.858. The zero-order valence-electron chi connectivity index (χ0n) is 12.9. The summed E-state index contributed by atoms with van der Waals surface area (Å²) in [7, 11) is 3.38. The van der Waals surface area contributed by atoms with Gasteiger partial charge in [-0.05, 0) is 43.4 Å². The molecule has 0 aliphatic heterocycles. The average Bonchev–Trinajstić information content (AvgIpc) is 2.53. The number of rotatable bonds is 6. The van der Waals surface area contributed by atoms with Crippen LogP contribution in [0.15, 0.2) is 18.2 Å². The predicted molar refractivity (Wildman–Crippen MR) is 82.4 cm³/mol. The molecule has 0 radical (unpaired) electrons. The first-order chi connectivity index (χ1) is 9.72. The van der Waals surface area contributed by atoms with Gasteiger partial charge in [0.2, 0.25) is 0 Å². The lowest BCUT2D eigenvalue weighted by Crippen LogP contribution is -2.34. The Bertz CT molecular complexity index is 391. The number of methoxy groups -OCH3 is 2. The standard InChI is InChI=1S/C17H27NO2/c1-13(15-7-5-4-6-8-15)18-12-14-9-16(19-2)11-17(10-14)20-3/h9-11,13,15,18H,4-8,12H2,1-3H3. The van der Waals surface area contributed by atoms with E-state index < -0.39 is 0 Å². The first kappa shape index (κ1) is 15.2. The molecule has 0 heterocycles. The lowest BCUT2D eigenvalue weighted by Gasteiger charge is -2.28. The van der Waals surface area contributed by atoms with Gasteiger partial charge in [0.15, 0.2) is 0 Å². The second-order valence-electron chi connectivity index (χ2n) is 5.79. The molecule has 1 fully saturated rings. The molecule has 0 bridgehead atoms. The largest absolute Gasteiger partial charge is 0.497 e. The second kappa shape index (κ2) is 7.53. The summed E-state index contributed by atoms with van der Waals surface area (Å²) < 4.78 is 10.6. The van der Waals surface area contributed by atoms with Gasteiger partial charge in [-0.3, -0.25) is 0 Å². The zero-order chi connectivity index (χ0) is 14.4. The van der Waals surface area contributed by atoms with E-state index in [0.29, 0.717) is 6.04 Å². The lowest BCUT2D eigenvalue weighted by atomic mass is 9.84. The molecule has 1 aliphatic rings. The summed E-state index contributed by atoms with van der Waals surface area (Å²) in [5.74, 6) is 2.54. The van der Waals surface area contributed by atoms with Crippen LogP contribution < -0.4 is 14.8 Å². The van der Waals surface area contributed by atoms with Crippen molar-refractivity contribution in [3.05, 3.63) is 23.8 Å². The Labute approximate surface area is 122 Å². The summed E-state index contributed by atoms with van der Waals surface area (Å²) in [5, 5.41) is 3.66. The average molecular weight is 277 g/mol. The van der Waals surface area contributed by atoms with Gasteiger partial charge in [-0.1, -0.05) is 19.3 Å². The Morgan fingerprint density at radius 1 is 1.05 bits per heavy atom. The predicted octanol–water partition coefficient (Wildman–Crippen LogP) is 3.76. The molecule has 0 aromatic heterocycles. The van der Waals surface area contributed by atoms with Crippen LogP contribution in [0.2, 0.25) is 0 Å². The van der Waals surface area contributed by atoms with E-state index in [-0.39, 0.29) is 0 Å². The maximum absolute atomic E-state index is 5.31. The van der Waals surface area contributed by atoms with Crippen LogP contribution in [0.5, 0.6) is 11.5 Å². The highest BCUT2D eigenvalue weighted by Crippen LogP contribution is 2.27. The normalized spacial score (nSPS) is 17.8. The van der Waals surface area contributed by atoms with Crippen LogP contribution in [0.25, 0.3) is 0 Å². The molecular weight excluding hydrogens is 250 g/mol. The van der Waals surface area contributed by atoms with Crippen molar-refractivity contribution < 1.29 is 9.47 Å². The highest BCUT2D eigenvalue weighted by atomic mass is 16.5. The van der Waals surface area contributed by atoms with E-state index >= 15 is 0 Å². The summed E-state index contributed by atoms with van der Waals surface area (Å²) in [4.78, 5) is 0. The van der Waals surface area contributed by atoms with E-state index in [1.54, 1.807) is 14.2 Å². The van der Waals surface area contributed by atoms with Gasteiger partial charge in [-0.15, -0.1) is 0 Å². The molecule has 1 aliphatic carbocycles. The maximum atomic E-state index is 5.31. The topological polar surface area (TPSA) is 30.5 Å². The highest BCUT2D eigenvalue weighted by Gasteiger charge is 2.19. The van der Waals surface area contributed by atoms with E-state index in [0.717, 1.165) is 24.0 Å². The second-order valence-corrected chi connectivity index (χ2v) is 5.79. The summed E-state index contributed by atoms with van der Waals surface area (Å²) in [5.41, 5.74) is 1.21. The van der Waals surface area contributed by atoms with Gasteiger partial charge in [-0.25, -0.2) is 0 Å². The molecule has 0 amide bonds. The number of hydrogen-bond donors (Lipinski definition) is 1. The van der Waals surface area contributed by atoms with Crippen molar-refractivity contribution in [1.29, 1.82) is 0 Å². The molecule has 0 saturated heterocycles. The molecule has 1 N–H and O–H groups in total. The van der Waals surface area contributed by atoms with Crippen molar-refractivity contribution in [2.24, 2.45) is 5.92 Å². The molecule has 2 rings (SSSR count). The number of ether oxygens (including phenoxy) is 2. The molecule has 1 aromatic carbocycles. The molecule has 0 spiro atoms. The van der Waals surface area contributed by atoms with Crippen molar-refractivity contribution >= 4 is 0 Å². The summed E-state index contributed by atoms with van der Waals surface area (Å²) in [6.07, 6.45) is 6.94. The van der Waals surface area contributed by atoms with Crippen LogP contribution in [0.3, 0.4) is 0 Å². The molecule has 1 aromatic rings. The summed E-state index contributed by atoms with van der Waals surface area (Å²) in [6.45, 7) is 3.18. The van der Waals surface area contributed by atoms with Gasteiger partial charge in [0.05, 0.1) is 14.2 Å².